The average molecular weight is 385 g/mol. The van der Waals surface area contributed by atoms with Gasteiger partial charge in [0.05, 0.1) is 10.9 Å². The third kappa shape index (κ3) is 3.48. The molecule has 2 aromatic heterocycles. The van der Waals surface area contributed by atoms with Crippen LogP contribution in [0.3, 0.4) is 0 Å². The first-order valence-electron chi connectivity index (χ1n) is 8.43. The summed E-state index contributed by atoms with van der Waals surface area (Å²) in [5.74, 6) is -1.10. The molecule has 27 heavy (non-hydrogen) atoms. The van der Waals surface area contributed by atoms with E-state index in [1.807, 2.05) is 39.0 Å². The van der Waals surface area contributed by atoms with Crippen LogP contribution in [0.4, 0.5) is 5.69 Å². The predicted molar refractivity (Wildman–Crippen MR) is 105 cm³/mol. The number of benzene rings is 1. The minimum absolute atomic E-state index is 0.0459. The van der Waals surface area contributed by atoms with Gasteiger partial charge in [-0.15, -0.1) is 11.3 Å². The number of aryl methyl sites for hydroxylation is 3. The molecule has 0 atom stereocenters. The summed E-state index contributed by atoms with van der Waals surface area (Å²) in [5, 5.41) is 13.6. The number of para-hydroxylation sites is 1. The number of carboxylic acids is 1. The van der Waals surface area contributed by atoms with E-state index in [1.54, 1.807) is 0 Å². The van der Waals surface area contributed by atoms with Crippen LogP contribution in [0.25, 0.3) is 10.2 Å². The molecule has 0 spiro atoms. The molecule has 1 amide bonds. The van der Waals surface area contributed by atoms with Crippen LogP contribution in [0, 0.1) is 13.8 Å². The van der Waals surface area contributed by atoms with Gasteiger partial charge in [0.2, 0.25) is 5.91 Å². The lowest BCUT2D eigenvalue weighted by molar-refractivity contribution is -0.116. The Morgan fingerprint density at radius 1 is 1.26 bits per heavy atom. The number of anilines is 1. The number of hydrogen-bond donors (Lipinski definition) is 2. The quantitative estimate of drug-likeness (QED) is 0.703. The second kappa shape index (κ2) is 7.32. The van der Waals surface area contributed by atoms with Crippen molar-refractivity contribution in [3.8, 4) is 0 Å². The second-order valence-electron chi connectivity index (χ2n) is 6.22. The number of hydrogen-bond acceptors (Lipinski definition) is 5. The Kier molecular flexibility index (Phi) is 5.09. The lowest BCUT2D eigenvalue weighted by Gasteiger charge is -2.14. The van der Waals surface area contributed by atoms with Gasteiger partial charge in [0.1, 0.15) is 17.2 Å². The normalized spacial score (nSPS) is 10.9. The van der Waals surface area contributed by atoms with Crippen molar-refractivity contribution in [2.75, 3.05) is 5.32 Å². The molecule has 3 aromatic rings. The Morgan fingerprint density at radius 3 is 2.52 bits per heavy atom. The van der Waals surface area contributed by atoms with Crippen LogP contribution in [-0.2, 0) is 17.8 Å². The smallest absolute Gasteiger partial charge is 0.337 e. The molecule has 8 heteroatoms. The summed E-state index contributed by atoms with van der Waals surface area (Å²) >= 11 is 1.11. The van der Waals surface area contributed by atoms with Gasteiger partial charge in [0.15, 0.2) is 0 Å². The molecule has 2 heterocycles. The molecule has 0 aliphatic rings. The lowest BCUT2D eigenvalue weighted by Crippen LogP contribution is -2.31. The Morgan fingerprint density at radius 2 is 1.93 bits per heavy atom. The Balaban J connectivity index is 2.02. The number of carbonyl (C=O) groups is 2. The molecule has 3 rings (SSSR count). The maximum Gasteiger partial charge on any atom is 0.337 e. The van der Waals surface area contributed by atoms with Crippen LogP contribution in [0.2, 0.25) is 0 Å². The summed E-state index contributed by atoms with van der Waals surface area (Å²) in [7, 11) is 0. The number of aromatic nitrogens is 2. The van der Waals surface area contributed by atoms with E-state index in [1.165, 1.54) is 9.95 Å². The van der Waals surface area contributed by atoms with E-state index in [0.717, 1.165) is 22.5 Å². The third-order valence-electron chi connectivity index (χ3n) is 4.37. The van der Waals surface area contributed by atoms with Gasteiger partial charge in [-0.3, -0.25) is 14.2 Å². The molecule has 0 aliphatic heterocycles. The first-order chi connectivity index (χ1) is 12.8. The number of carbonyl (C=O) groups excluding carboxylic acids is 1. The minimum atomic E-state index is -1.18. The van der Waals surface area contributed by atoms with Gasteiger partial charge in [-0.05, 0) is 25.0 Å². The topological polar surface area (TPSA) is 101 Å². The van der Waals surface area contributed by atoms with Crippen molar-refractivity contribution < 1.29 is 14.7 Å². The van der Waals surface area contributed by atoms with E-state index in [2.05, 4.69) is 10.3 Å². The fourth-order valence-electron chi connectivity index (χ4n) is 2.99. The largest absolute Gasteiger partial charge is 0.478 e. The van der Waals surface area contributed by atoms with Gasteiger partial charge in [-0.1, -0.05) is 25.1 Å². The first-order valence-corrected chi connectivity index (χ1v) is 9.31. The lowest BCUT2D eigenvalue weighted by atomic mass is 10.1. The van der Waals surface area contributed by atoms with Gasteiger partial charge in [-0.2, -0.15) is 0 Å². The van der Waals surface area contributed by atoms with Crippen molar-refractivity contribution >= 4 is 39.1 Å². The molecule has 0 radical (unpaired) electrons. The van der Waals surface area contributed by atoms with Crippen LogP contribution in [-0.4, -0.2) is 26.5 Å². The molecule has 1 aromatic carbocycles. The predicted octanol–water partition coefficient (Wildman–Crippen LogP) is 2.97. The maximum absolute atomic E-state index is 12.9. The number of amides is 1. The third-order valence-corrected chi connectivity index (χ3v) is 5.24. The zero-order valence-electron chi connectivity index (χ0n) is 15.2. The highest BCUT2D eigenvalue weighted by molar-refractivity contribution is 7.17. The summed E-state index contributed by atoms with van der Waals surface area (Å²) in [4.78, 5) is 41.6. The molecular formula is C19H19N3O4S. The monoisotopic (exact) mass is 385 g/mol. The van der Waals surface area contributed by atoms with E-state index >= 15 is 0 Å². The van der Waals surface area contributed by atoms with Crippen LogP contribution in [0.5, 0.6) is 0 Å². The highest BCUT2D eigenvalue weighted by atomic mass is 32.1. The zero-order valence-corrected chi connectivity index (χ0v) is 16.0. The van der Waals surface area contributed by atoms with Gasteiger partial charge in [-0.25, -0.2) is 9.78 Å². The number of fused-ring (bicyclic) bond motifs is 1. The maximum atomic E-state index is 12.9. The van der Waals surface area contributed by atoms with E-state index < -0.39 is 11.5 Å². The van der Waals surface area contributed by atoms with Crippen LogP contribution in [0.15, 0.2) is 28.4 Å². The molecule has 7 nitrogen and oxygen atoms in total. The molecule has 0 saturated carbocycles. The highest BCUT2D eigenvalue weighted by Crippen LogP contribution is 2.22. The molecule has 2 N–H and O–H groups in total. The standard InChI is InChI=1S/C19H19N3O4S/c1-4-13-20-17-15(12(9-27-17)19(25)26)18(24)22(13)8-14(23)21-16-10(2)6-5-7-11(16)3/h5-7,9H,4,8H2,1-3H3,(H,21,23)(H,25,26). The number of nitrogens with one attached hydrogen (secondary N) is 1. The molecule has 0 bridgehead atoms. The number of aromatic carboxylic acids is 1. The Labute approximate surface area is 159 Å². The van der Waals surface area contributed by atoms with Crippen molar-refractivity contribution in [3.63, 3.8) is 0 Å². The Hall–Kier alpha value is -3.00. The van der Waals surface area contributed by atoms with Crippen LogP contribution in [0.1, 0.15) is 34.2 Å². The average Bonchev–Trinajstić information content (AvgIpc) is 3.05. The molecule has 0 saturated heterocycles. The first kappa shape index (κ1) is 18.8. The minimum Gasteiger partial charge on any atom is -0.478 e. The van der Waals surface area contributed by atoms with E-state index in [0.29, 0.717) is 22.8 Å². The molecule has 0 unspecified atom stereocenters. The highest BCUT2D eigenvalue weighted by Gasteiger charge is 2.20. The van der Waals surface area contributed by atoms with Crippen molar-refractivity contribution in [2.45, 2.75) is 33.7 Å². The molecular weight excluding hydrogens is 366 g/mol. The summed E-state index contributed by atoms with van der Waals surface area (Å²) in [6.07, 6.45) is 0.447. The van der Waals surface area contributed by atoms with Crippen molar-refractivity contribution in [1.29, 1.82) is 0 Å². The van der Waals surface area contributed by atoms with Crippen molar-refractivity contribution in [3.05, 3.63) is 56.4 Å². The van der Waals surface area contributed by atoms with Gasteiger partial charge < -0.3 is 10.4 Å². The Bertz CT molecular complexity index is 1090. The van der Waals surface area contributed by atoms with Gasteiger partial charge in [0.25, 0.3) is 5.56 Å². The van der Waals surface area contributed by atoms with Gasteiger partial charge in [0, 0.05) is 17.5 Å². The fourth-order valence-corrected chi connectivity index (χ4v) is 3.91. The van der Waals surface area contributed by atoms with Gasteiger partial charge >= 0.3 is 5.97 Å². The molecule has 140 valence electrons. The zero-order chi connectivity index (χ0) is 19.7. The van der Waals surface area contributed by atoms with E-state index in [-0.39, 0.29) is 23.4 Å². The number of thiophene rings is 1. The summed E-state index contributed by atoms with van der Waals surface area (Å²) < 4.78 is 1.25. The van der Waals surface area contributed by atoms with Crippen molar-refractivity contribution in [1.82, 2.24) is 9.55 Å². The molecule has 0 aliphatic carbocycles. The van der Waals surface area contributed by atoms with Crippen LogP contribution >= 0.6 is 11.3 Å². The second-order valence-corrected chi connectivity index (χ2v) is 7.08. The van der Waals surface area contributed by atoms with Crippen molar-refractivity contribution in [2.24, 2.45) is 0 Å². The van der Waals surface area contributed by atoms with E-state index in [4.69, 9.17) is 0 Å². The fraction of sp³-hybridized carbons (Fsp3) is 0.263. The summed E-state index contributed by atoms with van der Waals surface area (Å²) in [5.41, 5.74) is 1.97. The molecule has 0 fully saturated rings. The summed E-state index contributed by atoms with van der Waals surface area (Å²) in [6, 6.07) is 5.69. The number of rotatable bonds is 5. The number of carboxylic acid groups (broad SMARTS) is 1. The van der Waals surface area contributed by atoms with Crippen LogP contribution < -0.4 is 10.9 Å². The van der Waals surface area contributed by atoms with E-state index in [9.17, 15) is 19.5 Å². The SMILES string of the molecule is CCc1nc2scc(C(=O)O)c2c(=O)n1CC(=O)Nc1c(C)cccc1C. The summed E-state index contributed by atoms with van der Waals surface area (Å²) in [6.45, 7) is 5.39. The number of nitrogens with zero attached hydrogens (tertiary/aromatic N) is 2.